The number of nitrogens with one attached hydrogen (secondary N) is 1. The van der Waals surface area contributed by atoms with Crippen molar-refractivity contribution in [2.24, 2.45) is 0 Å². The predicted molar refractivity (Wildman–Crippen MR) is 123 cm³/mol. The van der Waals surface area contributed by atoms with Crippen LogP contribution in [0.15, 0.2) is 54.9 Å². The quantitative estimate of drug-likeness (QED) is 0.348. The van der Waals surface area contributed by atoms with Crippen molar-refractivity contribution in [3.05, 3.63) is 77.4 Å². The number of hydrogen-bond donors (Lipinski definition) is 2. The van der Waals surface area contributed by atoms with Crippen LogP contribution in [0.2, 0.25) is 0 Å². The number of aliphatic hydroxyl groups is 1. The molecule has 0 fully saturated rings. The lowest BCUT2D eigenvalue weighted by Crippen LogP contribution is -2.35. The molecule has 0 amide bonds. The first-order valence-corrected chi connectivity index (χ1v) is 11.1. The fourth-order valence-electron chi connectivity index (χ4n) is 2.94. The molecule has 0 radical (unpaired) electrons. The highest BCUT2D eigenvalue weighted by molar-refractivity contribution is 7.84. The van der Waals surface area contributed by atoms with Crippen LogP contribution in [0.1, 0.15) is 16.7 Å². The number of nitrogens with zero attached hydrogens (tertiary/aromatic N) is 3. The summed E-state index contributed by atoms with van der Waals surface area (Å²) in [4.78, 5) is 11.2. The maximum absolute atomic E-state index is 15.6. The minimum atomic E-state index is -1.88. The minimum Gasteiger partial charge on any atom is -0.487 e. The van der Waals surface area contributed by atoms with E-state index in [1.807, 2.05) is 30.3 Å². The summed E-state index contributed by atoms with van der Waals surface area (Å²) in [5, 5.41) is 13.0. The minimum absolute atomic E-state index is 0.0379. The van der Waals surface area contributed by atoms with Gasteiger partial charge in [-0.05, 0) is 24.7 Å². The van der Waals surface area contributed by atoms with E-state index >= 15 is 4.39 Å². The van der Waals surface area contributed by atoms with E-state index in [2.05, 4.69) is 21.7 Å². The molecule has 2 aromatic carbocycles. The van der Waals surface area contributed by atoms with Crippen molar-refractivity contribution < 1.29 is 23.2 Å². The van der Waals surface area contributed by atoms with Gasteiger partial charge in [-0.15, -0.1) is 0 Å². The summed E-state index contributed by atoms with van der Waals surface area (Å²) >= 11 is -1.88. The lowest BCUT2D eigenvalue weighted by atomic mass is 10.1. The lowest BCUT2D eigenvalue weighted by molar-refractivity contribution is -0.106. The van der Waals surface area contributed by atoms with Crippen molar-refractivity contribution >= 4 is 23.1 Å². The van der Waals surface area contributed by atoms with Crippen LogP contribution in [0.25, 0.3) is 0 Å². The standard InChI is InChI=1S/C23H23FN4O4S/c1-25-33(31)28(12-14-30)23-21(32-17-18-5-3-2-4-6-18)10-9-20(22(23)24)8-7-19-15-26-27(16-19)11-13-29/h2-6,9-10,14-16,25,29H,11-13,17H2,1H3. The van der Waals surface area contributed by atoms with Gasteiger partial charge < -0.3 is 14.6 Å². The first-order chi connectivity index (χ1) is 16.1. The first kappa shape index (κ1) is 24.1. The number of anilines is 1. The van der Waals surface area contributed by atoms with Gasteiger partial charge in [0.1, 0.15) is 24.3 Å². The molecule has 172 valence electrons. The van der Waals surface area contributed by atoms with Crippen molar-refractivity contribution in [3.63, 3.8) is 0 Å². The van der Waals surface area contributed by atoms with Gasteiger partial charge in [0.15, 0.2) is 17.0 Å². The van der Waals surface area contributed by atoms with Crippen LogP contribution < -0.4 is 13.8 Å². The predicted octanol–water partition coefficient (Wildman–Crippen LogP) is 1.80. The zero-order valence-corrected chi connectivity index (χ0v) is 18.7. The van der Waals surface area contributed by atoms with E-state index in [9.17, 15) is 9.00 Å². The van der Waals surface area contributed by atoms with Crippen molar-refractivity contribution in [2.45, 2.75) is 13.2 Å². The molecule has 0 aliphatic heterocycles. The highest BCUT2D eigenvalue weighted by Crippen LogP contribution is 2.34. The van der Waals surface area contributed by atoms with Crippen molar-refractivity contribution in [3.8, 4) is 17.6 Å². The average molecular weight is 471 g/mol. The Bertz CT molecular complexity index is 1170. The van der Waals surface area contributed by atoms with Gasteiger partial charge in [0.2, 0.25) is 0 Å². The number of rotatable bonds is 10. The van der Waals surface area contributed by atoms with Gasteiger partial charge in [-0.2, -0.15) is 5.10 Å². The van der Waals surface area contributed by atoms with E-state index in [0.717, 1.165) is 9.87 Å². The van der Waals surface area contributed by atoms with Crippen LogP contribution in [-0.2, 0) is 29.1 Å². The molecule has 0 bridgehead atoms. The topological polar surface area (TPSA) is 96.7 Å². The Morgan fingerprint density at radius 1 is 1.27 bits per heavy atom. The molecule has 2 N–H and O–H groups in total. The second-order valence-electron chi connectivity index (χ2n) is 6.69. The van der Waals surface area contributed by atoms with Crippen LogP contribution >= 0.6 is 0 Å². The van der Waals surface area contributed by atoms with Gasteiger partial charge in [-0.3, -0.25) is 8.99 Å². The zero-order chi connectivity index (χ0) is 23.6. The van der Waals surface area contributed by atoms with Crippen molar-refractivity contribution in [2.75, 3.05) is 24.5 Å². The SMILES string of the molecule is CNS(=O)N(CC=O)c1c(OCc2ccccc2)ccc(C#Cc2cnn(CCO)c2)c1F. The second-order valence-corrected chi connectivity index (χ2v) is 8.04. The molecule has 33 heavy (non-hydrogen) atoms. The number of halogens is 1. The smallest absolute Gasteiger partial charge is 0.196 e. The average Bonchev–Trinajstić information content (AvgIpc) is 3.29. The third kappa shape index (κ3) is 6.26. The molecule has 8 nitrogen and oxygen atoms in total. The number of benzene rings is 2. The Kier molecular flexibility index (Phi) is 8.71. The summed E-state index contributed by atoms with van der Waals surface area (Å²) in [6.45, 7) is 0.0939. The molecular weight excluding hydrogens is 447 g/mol. The number of aromatic nitrogens is 2. The summed E-state index contributed by atoms with van der Waals surface area (Å²) in [5.41, 5.74) is 1.31. The third-order valence-corrected chi connectivity index (χ3v) is 5.57. The van der Waals surface area contributed by atoms with E-state index in [4.69, 9.17) is 9.84 Å². The van der Waals surface area contributed by atoms with Gasteiger partial charge in [0.05, 0.1) is 37.0 Å². The number of hydrogen-bond acceptors (Lipinski definition) is 5. The number of carbonyl (C=O) groups excluding carboxylic acids is 1. The fourth-order valence-corrected chi connectivity index (χ4v) is 3.69. The molecule has 3 rings (SSSR count). The van der Waals surface area contributed by atoms with Gasteiger partial charge in [-0.25, -0.2) is 13.3 Å². The summed E-state index contributed by atoms with van der Waals surface area (Å²) in [5.74, 6) is 4.94. The van der Waals surface area contributed by atoms with E-state index in [1.54, 1.807) is 6.20 Å². The van der Waals surface area contributed by atoms with Crippen LogP contribution in [0.3, 0.4) is 0 Å². The first-order valence-electron chi connectivity index (χ1n) is 10.0. The normalized spacial score (nSPS) is 11.4. The highest BCUT2D eigenvalue weighted by Gasteiger charge is 2.24. The molecule has 0 aliphatic rings. The Morgan fingerprint density at radius 3 is 2.76 bits per heavy atom. The monoisotopic (exact) mass is 470 g/mol. The van der Waals surface area contributed by atoms with Gasteiger partial charge in [0.25, 0.3) is 0 Å². The van der Waals surface area contributed by atoms with Crippen LogP contribution in [0.4, 0.5) is 10.1 Å². The number of ether oxygens (including phenoxy) is 1. The molecule has 1 aromatic heterocycles. The second kappa shape index (κ2) is 11.9. The molecule has 3 aromatic rings. The number of aliphatic hydroxyl groups excluding tert-OH is 1. The van der Waals surface area contributed by atoms with E-state index in [-0.39, 0.29) is 36.8 Å². The summed E-state index contributed by atoms with van der Waals surface area (Å²) in [6, 6.07) is 12.3. The Balaban J connectivity index is 1.99. The molecule has 0 saturated carbocycles. The highest BCUT2D eigenvalue weighted by atomic mass is 32.2. The molecule has 1 unspecified atom stereocenters. The van der Waals surface area contributed by atoms with Gasteiger partial charge >= 0.3 is 0 Å². The third-order valence-electron chi connectivity index (χ3n) is 4.48. The van der Waals surface area contributed by atoms with E-state index in [1.165, 1.54) is 30.1 Å². The maximum atomic E-state index is 15.6. The molecule has 0 spiro atoms. The van der Waals surface area contributed by atoms with Crippen LogP contribution in [0, 0.1) is 17.7 Å². The van der Waals surface area contributed by atoms with Gasteiger partial charge in [-0.1, -0.05) is 42.2 Å². The molecule has 1 atom stereocenters. The molecule has 10 heteroatoms. The fraction of sp³-hybridized carbons (Fsp3) is 0.217. The maximum Gasteiger partial charge on any atom is 0.196 e. The van der Waals surface area contributed by atoms with Crippen LogP contribution in [-0.4, -0.2) is 45.6 Å². The summed E-state index contributed by atoms with van der Waals surface area (Å²) in [7, 11) is 1.43. The zero-order valence-electron chi connectivity index (χ0n) is 17.9. The van der Waals surface area contributed by atoms with Gasteiger partial charge in [0, 0.05) is 6.20 Å². The lowest BCUT2D eigenvalue weighted by Gasteiger charge is -2.24. The Labute approximate surface area is 193 Å². The molecule has 0 aliphatic carbocycles. The molecular formula is C23H23FN4O4S. The summed E-state index contributed by atoms with van der Waals surface area (Å²) in [6.07, 6.45) is 3.67. The number of carbonyl (C=O) groups is 1. The number of aldehydes is 1. The summed E-state index contributed by atoms with van der Waals surface area (Å²) < 4.78 is 39.1. The largest absolute Gasteiger partial charge is 0.487 e. The van der Waals surface area contributed by atoms with Crippen LogP contribution in [0.5, 0.6) is 5.75 Å². The van der Waals surface area contributed by atoms with E-state index < -0.39 is 17.0 Å². The Morgan fingerprint density at radius 2 is 2.06 bits per heavy atom. The van der Waals surface area contributed by atoms with Crippen molar-refractivity contribution in [1.29, 1.82) is 0 Å². The molecule has 0 saturated heterocycles. The molecule has 1 heterocycles. The van der Waals surface area contributed by atoms with E-state index in [0.29, 0.717) is 18.4 Å². The Hall–Kier alpha value is -3.52. The van der Waals surface area contributed by atoms with Crippen molar-refractivity contribution in [1.82, 2.24) is 14.5 Å².